The Hall–Kier alpha value is -0.380. The number of thiophene rings is 1. The summed E-state index contributed by atoms with van der Waals surface area (Å²) in [5.74, 6) is 0.985. The minimum atomic E-state index is 0. The van der Waals surface area contributed by atoms with Gasteiger partial charge in [-0.05, 0) is 22.4 Å². The normalized spacial score (nSPS) is 27.4. The lowest BCUT2D eigenvalue weighted by Gasteiger charge is -2.47. The number of piperazine rings is 3. The van der Waals surface area contributed by atoms with Crippen LogP contribution in [0.15, 0.2) is 21.8 Å². The van der Waals surface area contributed by atoms with E-state index in [1.165, 1.54) is 38.3 Å². The van der Waals surface area contributed by atoms with Crippen LogP contribution in [0.1, 0.15) is 5.56 Å². The smallest absolute Gasteiger partial charge is 0.193 e. The van der Waals surface area contributed by atoms with Crippen molar-refractivity contribution in [1.82, 2.24) is 20.0 Å². The molecule has 1 aromatic heterocycles. The van der Waals surface area contributed by atoms with E-state index in [9.17, 15) is 0 Å². The third-order valence-corrected chi connectivity index (χ3v) is 5.19. The Morgan fingerprint density at radius 3 is 2.73 bits per heavy atom. The van der Waals surface area contributed by atoms with Crippen molar-refractivity contribution in [3.05, 3.63) is 22.4 Å². The monoisotopic (exact) mass is 435 g/mol. The second-order valence-corrected chi connectivity index (χ2v) is 6.69. The van der Waals surface area contributed by atoms with Gasteiger partial charge in [0.2, 0.25) is 0 Å². The maximum absolute atomic E-state index is 4.42. The van der Waals surface area contributed by atoms with Crippen molar-refractivity contribution in [3.63, 3.8) is 0 Å². The van der Waals surface area contributed by atoms with E-state index >= 15 is 0 Å². The molecule has 1 atom stereocenters. The van der Waals surface area contributed by atoms with Crippen molar-refractivity contribution in [3.8, 4) is 0 Å². The number of rotatable bonds is 4. The Morgan fingerprint density at radius 1 is 1.41 bits per heavy atom. The maximum atomic E-state index is 4.42. The minimum Gasteiger partial charge on any atom is -0.355 e. The summed E-state index contributed by atoms with van der Waals surface area (Å²) in [6.45, 7) is 8.00. The first kappa shape index (κ1) is 18.0. The topological polar surface area (TPSA) is 34.1 Å². The first-order valence-electron chi connectivity index (χ1n) is 7.65. The molecule has 0 saturated carbocycles. The second kappa shape index (κ2) is 8.47. The Morgan fingerprint density at radius 2 is 2.18 bits per heavy atom. The molecular formula is C15H26IN5S. The van der Waals surface area contributed by atoms with Crippen LogP contribution in [0.25, 0.3) is 0 Å². The molecule has 3 fully saturated rings. The average Bonchev–Trinajstić information content (AvgIpc) is 3.02. The zero-order valence-corrected chi connectivity index (χ0v) is 16.5. The molecule has 124 valence electrons. The Balaban J connectivity index is 0.00000176. The predicted molar refractivity (Wildman–Crippen MR) is 104 cm³/mol. The van der Waals surface area contributed by atoms with Crippen LogP contribution in [0, 0.1) is 0 Å². The van der Waals surface area contributed by atoms with E-state index in [2.05, 4.69) is 48.9 Å². The Kier molecular flexibility index (Phi) is 6.91. The lowest BCUT2D eigenvalue weighted by Crippen LogP contribution is -2.63. The minimum absolute atomic E-state index is 0. The van der Waals surface area contributed by atoms with Crippen molar-refractivity contribution in [2.45, 2.75) is 12.6 Å². The number of fused-ring (bicyclic) bond motifs is 3. The number of guanidine groups is 1. The fourth-order valence-electron chi connectivity index (χ4n) is 3.24. The molecule has 22 heavy (non-hydrogen) atoms. The average molecular weight is 435 g/mol. The molecule has 0 aromatic carbocycles. The zero-order chi connectivity index (χ0) is 14.7. The molecular weight excluding hydrogens is 409 g/mol. The number of aliphatic imine (C=N–C) groups is 1. The van der Waals surface area contributed by atoms with Gasteiger partial charge < -0.3 is 10.2 Å². The van der Waals surface area contributed by atoms with E-state index in [1.807, 2.05) is 7.05 Å². The van der Waals surface area contributed by atoms with Crippen LogP contribution in [0.3, 0.4) is 0 Å². The van der Waals surface area contributed by atoms with Crippen molar-refractivity contribution in [2.24, 2.45) is 4.99 Å². The van der Waals surface area contributed by atoms with Gasteiger partial charge in [0.1, 0.15) is 0 Å². The summed E-state index contributed by atoms with van der Waals surface area (Å²) < 4.78 is 0. The highest BCUT2D eigenvalue weighted by Crippen LogP contribution is 2.15. The van der Waals surface area contributed by atoms with Crippen LogP contribution in [0.2, 0.25) is 0 Å². The third-order valence-electron chi connectivity index (χ3n) is 4.46. The molecule has 1 unspecified atom stereocenters. The van der Waals surface area contributed by atoms with Gasteiger partial charge in [0.05, 0.1) is 0 Å². The van der Waals surface area contributed by atoms with Crippen LogP contribution in [-0.4, -0.2) is 80.1 Å². The van der Waals surface area contributed by atoms with E-state index in [0.717, 1.165) is 19.0 Å². The molecule has 0 aliphatic carbocycles. The summed E-state index contributed by atoms with van der Waals surface area (Å²) in [6, 6.07) is 2.80. The summed E-state index contributed by atoms with van der Waals surface area (Å²) in [7, 11) is 3.97. The third kappa shape index (κ3) is 4.33. The largest absolute Gasteiger partial charge is 0.355 e. The molecule has 1 N–H and O–H groups in total. The summed E-state index contributed by atoms with van der Waals surface area (Å²) in [5, 5.41) is 7.87. The molecule has 4 heterocycles. The van der Waals surface area contributed by atoms with Gasteiger partial charge in [0, 0.05) is 66.0 Å². The highest BCUT2D eigenvalue weighted by Gasteiger charge is 2.31. The molecule has 3 aliphatic heterocycles. The van der Waals surface area contributed by atoms with E-state index in [4.69, 9.17) is 0 Å². The van der Waals surface area contributed by atoms with Gasteiger partial charge in [-0.2, -0.15) is 11.3 Å². The molecule has 2 bridgehead atoms. The molecule has 0 amide bonds. The molecule has 7 heteroatoms. The van der Waals surface area contributed by atoms with E-state index in [-0.39, 0.29) is 24.0 Å². The SMILES string of the molecule is CN=C(NCC1CN2CCN1CC2)N(C)Cc1ccsc1.I. The number of nitrogens with one attached hydrogen (secondary N) is 1. The number of hydrogen-bond donors (Lipinski definition) is 1. The highest BCUT2D eigenvalue weighted by molar-refractivity contribution is 14.0. The van der Waals surface area contributed by atoms with E-state index in [0.29, 0.717) is 6.04 Å². The van der Waals surface area contributed by atoms with Crippen LogP contribution < -0.4 is 5.32 Å². The molecule has 4 rings (SSSR count). The lowest BCUT2D eigenvalue weighted by atomic mass is 10.1. The number of halogens is 1. The van der Waals surface area contributed by atoms with Gasteiger partial charge in [0.25, 0.3) is 0 Å². The van der Waals surface area contributed by atoms with Gasteiger partial charge in [-0.1, -0.05) is 0 Å². The first-order valence-corrected chi connectivity index (χ1v) is 8.60. The number of hydrogen-bond acceptors (Lipinski definition) is 4. The quantitative estimate of drug-likeness (QED) is 0.440. The van der Waals surface area contributed by atoms with E-state index in [1.54, 1.807) is 11.3 Å². The van der Waals surface area contributed by atoms with Gasteiger partial charge in [-0.3, -0.25) is 14.8 Å². The highest BCUT2D eigenvalue weighted by atomic mass is 127. The van der Waals surface area contributed by atoms with Crippen LogP contribution in [0.4, 0.5) is 0 Å². The van der Waals surface area contributed by atoms with Gasteiger partial charge in [0.15, 0.2) is 5.96 Å². The summed E-state index contributed by atoms with van der Waals surface area (Å²) in [6.07, 6.45) is 0. The van der Waals surface area contributed by atoms with Crippen molar-refractivity contribution in [1.29, 1.82) is 0 Å². The predicted octanol–water partition coefficient (Wildman–Crippen LogP) is 1.37. The number of nitrogens with zero attached hydrogens (tertiary/aromatic N) is 4. The lowest BCUT2D eigenvalue weighted by molar-refractivity contribution is 0.0152. The van der Waals surface area contributed by atoms with Gasteiger partial charge in [-0.15, -0.1) is 24.0 Å². The van der Waals surface area contributed by atoms with Crippen molar-refractivity contribution in [2.75, 3.05) is 53.4 Å². The summed E-state index contributed by atoms with van der Waals surface area (Å²) >= 11 is 1.75. The summed E-state index contributed by atoms with van der Waals surface area (Å²) in [5.41, 5.74) is 1.34. The second-order valence-electron chi connectivity index (χ2n) is 5.91. The molecule has 0 radical (unpaired) electrons. The van der Waals surface area contributed by atoms with Crippen molar-refractivity contribution < 1.29 is 0 Å². The molecule has 3 aliphatic rings. The Labute approximate surface area is 154 Å². The van der Waals surface area contributed by atoms with Crippen LogP contribution in [-0.2, 0) is 6.54 Å². The molecule has 5 nitrogen and oxygen atoms in total. The fraction of sp³-hybridized carbons (Fsp3) is 0.667. The van der Waals surface area contributed by atoms with Crippen molar-refractivity contribution >= 4 is 41.3 Å². The maximum Gasteiger partial charge on any atom is 0.193 e. The van der Waals surface area contributed by atoms with E-state index < -0.39 is 0 Å². The Bertz CT molecular complexity index is 470. The fourth-order valence-corrected chi connectivity index (χ4v) is 3.90. The summed E-state index contributed by atoms with van der Waals surface area (Å²) in [4.78, 5) is 11.8. The van der Waals surface area contributed by atoms with Gasteiger partial charge in [-0.25, -0.2) is 0 Å². The molecule has 1 aromatic rings. The molecule has 0 spiro atoms. The standard InChI is InChI=1S/C15H25N5S.HI/c1-16-15(18(2)10-13-3-8-21-12-13)17-9-14-11-19-4-6-20(14)7-5-19;/h3,8,12,14H,4-7,9-11H2,1-2H3,(H,16,17);1H. The zero-order valence-electron chi connectivity index (χ0n) is 13.4. The van der Waals surface area contributed by atoms with Gasteiger partial charge >= 0.3 is 0 Å². The van der Waals surface area contributed by atoms with Crippen LogP contribution >= 0.6 is 35.3 Å². The first-order chi connectivity index (χ1) is 10.3. The molecule has 3 saturated heterocycles. The van der Waals surface area contributed by atoms with Crippen LogP contribution in [0.5, 0.6) is 0 Å².